The number of carbonyl (C=O) groups is 1. The molecular formula is C14H16ClFO2. The van der Waals surface area contributed by atoms with Crippen molar-refractivity contribution in [2.45, 2.75) is 44.2 Å². The molecular weight excluding hydrogens is 255 g/mol. The zero-order valence-electron chi connectivity index (χ0n) is 10.5. The fraction of sp³-hybridized carbons (Fsp3) is 0.500. The highest BCUT2D eigenvalue weighted by Crippen LogP contribution is 2.54. The van der Waals surface area contributed by atoms with Crippen molar-refractivity contribution < 1.29 is 14.3 Å². The van der Waals surface area contributed by atoms with Crippen LogP contribution in [-0.2, 0) is 15.9 Å². The van der Waals surface area contributed by atoms with Crippen LogP contribution in [0.1, 0.15) is 44.2 Å². The molecule has 0 bridgehead atoms. The normalized spacial score (nSPS) is 17.6. The van der Waals surface area contributed by atoms with Crippen LogP contribution in [0.2, 0.25) is 5.02 Å². The molecule has 1 aliphatic rings. The van der Waals surface area contributed by atoms with Crippen molar-refractivity contribution in [1.82, 2.24) is 0 Å². The molecule has 4 heteroatoms. The minimum atomic E-state index is -1.57. The van der Waals surface area contributed by atoms with Crippen molar-refractivity contribution in [3.05, 3.63) is 34.3 Å². The van der Waals surface area contributed by atoms with Gasteiger partial charge in [-0.05, 0) is 38.3 Å². The van der Waals surface area contributed by atoms with Crippen LogP contribution in [0.25, 0.3) is 0 Å². The fourth-order valence-electron chi connectivity index (χ4n) is 2.55. The van der Waals surface area contributed by atoms with E-state index in [1.54, 1.807) is 18.2 Å². The zero-order valence-corrected chi connectivity index (χ0v) is 11.2. The van der Waals surface area contributed by atoms with Crippen LogP contribution in [0.3, 0.4) is 0 Å². The lowest BCUT2D eigenvalue weighted by Crippen LogP contribution is -2.21. The highest BCUT2D eigenvalue weighted by molar-refractivity contribution is 6.31. The summed E-state index contributed by atoms with van der Waals surface area (Å²) >= 11 is 6.10. The number of benzene rings is 1. The summed E-state index contributed by atoms with van der Waals surface area (Å²) in [5.41, 5.74) is -0.799. The largest absolute Gasteiger partial charge is 0.481 e. The second-order valence-corrected chi connectivity index (χ2v) is 5.89. The maximum atomic E-state index is 14.3. The molecule has 0 aromatic heterocycles. The molecule has 0 atom stereocenters. The van der Waals surface area contributed by atoms with Crippen LogP contribution < -0.4 is 0 Å². The third kappa shape index (κ3) is 2.37. The molecule has 1 saturated carbocycles. The van der Waals surface area contributed by atoms with Crippen LogP contribution in [0.15, 0.2) is 18.2 Å². The molecule has 1 aromatic rings. The quantitative estimate of drug-likeness (QED) is 0.896. The van der Waals surface area contributed by atoms with Gasteiger partial charge in [-0.2, -0.15) is 0 Å². The van der Waals surface area contributed by atoms with Gasteiger partial charge in [0.05, 0.1) is 6.42 Å². The molecule has 1 aliphatic carbocycles. The lowest BCUT2D eigenvalue weighted by atomic mass is 9.83. The lowest BCUT2D eigenvalue weighted by Gasteiger charge is -2.25. The summed E-state index contributed by atoms with van der Waals surface area (Å²) in [4.78, 5) is 10.9. The molecule has 98 valence electrons. The number of carboxylic acid groups (broad SMARTS) is 1. The first-order valence-corrected chi connectivity index (χ1v) is 6.34. The van der Waals surface area contributed by atoms with Gasteiger partial charge < -0.3 is 5.11 Å². The Morgan fingerprint density at radius 3 is 2.56 bits per heavy atom. The van der Waals surface area contributed by atoms with E-state index in [0.717, 1.165) is 18.4 Å². The van der Waals surface area contributed by atoms with Crippen molar-refractivity contribution in [1.29, 1.82) is 0 Å². The Balaban J connectivity index is 2.52. The number of halogens is 2. The Labute approximate surface area is 111 Å². The number of aliphatic carboxylic acids is 1. The Bertz CT molecular complexity index is 487. The first-order valence-electron chi connectivity index (χ1n) is 5.96. The van der Waals surface area contributed by atoms with E-state index in [9.17, 15) is 9.18 Å². The molecule has 0 aliphatic heterocycles. The fourth-order valence-corrected chi connectivity index (χ4v) is 2.95. The van der Waals surface area contributed by atoms with Crippen LogP contribution in [0.4, 0.5) is 4.39 Å². The van der Waals surface area contributed by atoms with Gasteiger partial charge in [-0.25, -0.2) is 4.39 Å². The molecule has 0 saturated heterocycles. The molecule has 1 aromatic carbocycles. The van der Waals surface area contributed by atoms with Gasteiger partial charge >= 0.3 is 5.97 Å². The topological polar surface area (TPSA) is 37.3 Å². The smallest absolute Gasteiger partial charge is 0.304 e. The average Bonchev–Trinajstić information content (AvgIpc) is 2.95. The monoisotopic (exact) mass is 270 g/mol. The molecule has 0 heterocycles. The third-order valence-electron chi connectivity index (χ3n) is 3.52. The van der Waals surface area contributed by atoms with E-state index in [1.807, 2.05) is 0 Å². The predicted octanol–water partition coefficient (Wildman–Crippen LogP) is 4.05. The number of hydrogen-bond acceptors (Lipinski definition) is 1. The molecule has 1 N–H and O–H groups in total. The van der Waals surface area contributed by atoms with Gasteiger partial charge in [0, 0.05) is 16.0 Å². The zero-order chi connectivity index (χ0) is 13.6. The van der Waals surface area contributed by atoms with E-state index in [0.29, 0.717) is 10.6 Å². The highest BCUT2D eigenvalue weighted by Gasteiger charge is 2.49. The first-order chi connectivity index (χ1) is 8.26. The van der Waals surface area contributed by atoms with E-state index < -0.39 is 17.1 Å². The van der Waals surface area contributed by atoms with Crippen molar-refractivity contribution in [2.24, 2.45) is 0 Å². The van der Waals surface area contributed by atoms with E-state index in [-0.39, 0.29) is 6.42 Å². The Hall–Kier alpha value is -1.09. The van der Waals surface area contributed by atoms with E-state index in [2.05, 4.69) is 0 Å². The first kappa shape index (κ1) is 13.3. The molecule has 0 spiro atoms. The second-order valence-electron chi connectivity index (χ2n) is 5.49. The lowest BCUT2D eigenvalue weighted by molar-refractivity contribution is -0.137. The minimum Gasteiger partial charge on any atom is -0.481 e. The predicted molar refractivity (Wildman–Crippen MR) is 68.8 cm³/mol. The summed E-state index contributed by atoms with van der Waals surface area (Å²) < 4.78 is 14.3. The van der Waals surface area contributed by atoms with E-state index in [1.165, 1.54) is 13.8 Å². The van der Waals surface area contributed by atoms with Gasteiger partial charge in [-0.15, -0.1) is 0 Å². The van der Waals surface area contributed by atoms with Gasteiger partial charge in [-0.3, -0.25) is 4.79 Å². The molecule has 2 nitrogen and oxygen atoms in total. The summed E-state index contributed by atoms with van der Waals surface area (Å²) in [5, 5.41) is 9.36. The molecule has 18 heavy (non-hydrogen) atoms. The third-order valence-corrected chi connectivity index (χ3v) is 3.84. The Morgan fingerprint density at radius 2 is 2.11 bits per heavy atom. The summed E-state index contributed by atoms with van der Waals surface area (Å²) in [6.07, 6.45) is 1.60. The van der Waals surface area contributed by atoms with E-state index >= 15 is 0 Å². The van der Waals surface area contributed by atoms with E-state index in [4.69, 9.17) is 16.7 Å². The summed E-state index contributed by atoms with van der Waals surface area (Å²) in [5.74, 6) is -0.852. The molecule has 1 fully saturated rings. The molecule has 0 amide bonds. The Morgan fingerprint density at radius 1 is 1.50 bits per heavy atom. The number of alkyl halides is 1. The van der Waals surface area contributed by atoms with Gasteiger partial charge in [0.25, 0.3) is 0 Å². The molecule has 2 rings (SSSR count). The van der Waals surface area contributed by atoms with Crippen LogP contribution in [0.5, 0.6) is 0 Å². The van der Waals surface area contributed by atoms with Gasteiger partial charge in [0.15, 0.2) is 0 Å². The average molecular weight is 271 g/mol. The summed E-state index contributed by atoms with van der Waals surface area (Å²) in [6.45, 7) is 2.91. The van der Waals surface area contributed by atoms with Gasteiger partial charge in [0.2, 0.25) is 0 Å². The van der Waals surface area contributed by atoms with Gasteiger partial charge in [0.1, 0.15) is 5.67 Å². The number of hydrogen-bond donors (Lipinski definition) is 1. The maximum absolute atomic E-state index is 14.3. The SMILES string of the molecule is CC(C)(F)c1c(Cl)cccc1C1(CC(=O)O)CC1. The van der Waals surface area contributed by atoms with Crippen LogP contribution >= 0.6 is 11.6 Å². The standard InChI is InChI=1S/C14H16ClFO2/c1-13(2,16)12-9(4-3-5-10(12)15)14(6-7-14)8-11(17)18/h3-5H,6-8H2,1-2H3,(H,17,18). The van der Waals surface area contributed by atoms with Crippen LogP contribution in [-0.4, -0.2) is 11.1 Å². The Kier molecular flexibility index (Phi) is 3.14. The second kappa shape index (κ2) is 4.23. The summed E-state index contributed by atoms with van der Waals surface area (Å²) in [6, 6.07) is 5.21. The maximum Gasteiger partial charge on any atom is 0.304 e. The number of rotatable bonds is 4. The summed E-state index contributed by atoms with van der Waals surface area (Å²) in [7, 11) is 0. The minimum absolute atomic E-state index is 0.0381. The van der Waals surface area contributed by atoms with Crippen molar-refractivity contribution in [3.63, 3.8) is 0 Å². The van der Waals surface area contributed by atoms with Crippen LogP contribution in [0, 0.1) is 0 Å². The van der Waals surface area contributed by atoms with Crippen molar-refractivity contribution in [3.8, 4) is 0 Å². The number of carboxylic acids is 1. The molecule has 0 unspecified atom stereocenters. The van der Waals surface area contributed by atoms with Gasteiger partial charge in [-0.1, -0.05) is 23.7 Å². The van der Waals surface area contributed by atoms with Crippen molar-refractivity contribution in [2.75, 3.05) is 0 Å². The van der Waals surface area contributed by atoms with Crippen molar-refractivity contribution >= 4 is 17.6 Å². The molecule has 0 radical (unpaired) electrons. The highest BCUT2D eigenvalue weighted by atomic mass is 35.5.